The molecule has 2 rings (SSSR count). The zero-order valence-electron chi connectivity index (χ0n) is 6.30. The Morgan fingerprint density at radius 1 is 1.50 bits per heavy atom. The van der Waals surface area contributed by atoms with Gasteiger partial charge in [-0.05, 0) is 17.2 Å². The van der Waals surface area contributed by atoms with Gasteiger partial charge in [0, 0.05) is 11.4 Å². The van der Waals surface area contributed by atoms with Gasteiger partial charge in [0.2, 0.25) is 0 Å². The van der Waals surface area contributed by atoms with E-state index in [-0.39, 0.29) is 6.42 Å². The van der Waals surface area contributed by atoms with Crippen LogP contribution < -0.4 is 0 Å². The molecule has 0 amide bonds. The number of aliphatic hydroxyl groups excluding tert-OH is 1. The van der Waals surface area contributed by atoms with Gasteiger partial charge in [-0.25, -0.2) is 4.39 Å². The second kappa shape index (κ2) is 2.71. The molecular formula is C9H8ClFO. The summed E-state index contributed by atoms with van der Waals surface area (Å²) in [6.07, 6.45) is -1.95. The van der Waals surface area contributed by atoms with Crippen molar-refractivity contribution >= 4 is 11.6 Å². The molecule has 3 heteroatoms. The van der Waals surface area contributed by atoms with Crippen LogP contribution in [0.15, 0.2) is 18.2 Å². The van der Waals surface area contributed by atoms with Crippen molar-refractivity contribution < 1.29 is 9.50 Å². The maximum absolute atomic E-state index is 13.0. The molecule has 1 aliphatic carbocycles. The second-order valence-electron chi connectivity index (χ2n) is 2.97. The quantitative estimate of drug-likeness (QED) is 0.659. The van der Waals surface area contributed by atoms with Crippen LogP contribution in [0.2, 0.25) is 5.02 Å². The fourth-order valence-corrected chi connectivity index (χ4v) is 1.83. The van der Waals surface area contributed by atoms with Crippen LogP contribution in [0.4, 0.5) is 4.39 Å². The fourth-order valence-electron chi connectivity index (χ4n) is 1.57. The summed E-state index contributed by atoms with van der Waals surface area (Å²) in [6, 6.07) is 5.15. The molecule has 0 aliphatic heterocycles. The molecule has 2 atom stereocenters. The second-order valence-corrected chi connectivity index (χ2v) is 3.38. The van der Waals surface area contributed by atoms with E-state index in [2.05, 4.69) is 0 Å². The fraction of sp³-hybridized carbons (Fsp3) is 0.333. The van der Waals surface area contributed by atoms with Gasteiger partial charge in [-0.1, -0.05) is 23.7 Å². The van der Waals surface area contributed by atoms with Gasteiger partial charge >= 0.3 is 0 Å². The van der Waals surface area contributed by atoms with E-state index in [1.165, 1.54) is 0 Å². The van der Waals surface area contributed by atoms with Crippen molar-refractivity contribution in [2.24, 2.45) is 0 Å². The van der Waals surface area contributed by atoms with Crippen molar-refractivity contribution in [3.05, 3.63) is 34.3 Å². The van der Waals surface area contributed by atoms with Crippen molar-refractivity contribution in [2.75, 3.05) is 0 Å². The van der Waals surface area contributed by atoms with Crippen LogP contribution in [-0.4, -0.2) is 11.3 Å². The molecule has 1 N–H and O–H groups in total. The summed E-state index contributed by atoms with van der Waals surface area (Å²) in [5, 5.41) is 9.89. The van der Waals surface area contributed by atoms with Crippen molar-refractivity contribution in [3.8, 4) is 0 Å². The number of aliphatic hydroxyl groups is 1. The maximum Gasteiger partial charge on any atom is 0.134 e. The monoisotopic (exact) mass is 186 g/mol. The summed E-state index contributed by atoms with van der Waals surface area (Å²) in [4.78, 5) is 0. The van der Waals surface area contributed by atoms with E-state index >= 15 is 0 Å². The predicted molar refractivity (Wildman–Crippen MR) is 45.0 cm³/mol. The molecule has 1 aromatic rings. The van der Waals surface area contributed by atoms with Crippen LogP contribution in [0, 0.1) is 0 Å². The first-order chi connectivity index (χ1) is 5.70. The van der Waals surface area contributed by atoms with Gasteiger partial charge in [0.25, 0.3) is 0 Å². The molecule has 0 bridgehead atoms. The third-order valence-electron chi connectivity index (χ3n) is 2.22. The molecule has 0 heterocycles. The van der Waals surface area contributed by atoms with E-state index in [0.29, 0.717) is 10.6 Å². The molecule has 0 spiro atoms. The van der Waals surface area contributed by atoms with Crippen molar-refractivity contribution in [3.63, 3.8) is 0 Å². The number of fused-ring (bicyclic) bond motifs is 1. The van der Waals surface area contributed by atoms with E-state index in [1.54, 1.807) is 18.2 Å². The van der Waals surface area contributed by atoms with Crippen LogP contribution in [0.5, 0.6) is 0 Å². The van der Waals surface area contributed by atoms with Crippen LogP contribution in [0.25, 0.3) is 0 Å². The SMILES string of the molecule is O[C@@H]1c2cccc(Cl)c2C[C@@H]1F. The molecule has 12 heavy (non-hydrogen) atoms. The summed E-state index contributed by atoms with van der Waals surface area (Å²) >= 11 is 5.82. The minimum atomic E-state index is -1.19. The van der Waals surface area contributed by atoms with Gasteiger partial charge in [0.1, 0.15) is 12.3 Å². The molecule has 0 unspecified atom stereocenters. The highest BCUT2D eigenvalue weighted by Crippen LogP contribution is 2.36. The van der Waals surface area contributed by atoms with Gasteiger partial charge in [-0.3, -0.25) is 0 Å². The van der Waals surface area contributed by atoms with Gasteiger partial charge < -0.3 is 5.11 Å². The largest absolute Gasteiger partial charge is 0.385 e. The molecular weight excluding hydrogens is 179 g/mol. The predicted octanol–water partition coefficient (Wildman–Crippen LogP) is 2.27. The van der Waals surface area contributed by atoms with Crippen LogP contribution in [0.3, 0.4) is 0 Å². The van der Waals surface area contributed by atoms with E-state index in [9.17, 15) is 9.50 Å². The summed E-state index contributed by atoms with van der Waals surface area (Å²) in [7, 11) is 0. The highest BCUT2D eigenvalue weighted by molar-refractivity contribution is 6.31. The molecule has 0 fully saturated rings. The number of hydrogen-bond donors (Lipinski definition) is 1. The van der Waals surface area contributed by atoms with Crippen LogP contribution >= 0.6 is 11.6 Å². The first-order valence-electron chi connectivity index (χ1n) is 3.79. The summed E-state index contributed by atoms with van der Waals surface area (Å²) < 4.78 is 13.0. The normalized spacial score (nSPS) is 27.2. The lowest BCUT2D eigenvalue weighted by molar-refractivity contribution is 0.0926. The van der Waals surface area contributed by atoms with E-state index in [1.807, 2.05) is 0 Å². The molecule has 1 nitrogen and oxygen atoms in total. The van der Waals surface area contributed by atoms with E-state index in [0.717, 1.165) is 5.56 Å². The molecule has 1 aromatic carbocycles. The average molecular weight is 187 g/mol. The topological polar surface area (TPSA) is 20.2 Å². The lowest BCUT2D eigenvalue weighted by Gasteiger charge is -2.04. The lowest BCUT2D eigenvalue weighted by atomic mass is 10.1. The van der Waals surface area contributed by atoms with Gasteiger partial charge in [0.05, 0.1) is 0 Å². The minimum absolute atomic E-state index is 0.232. The Labute approximate surface area is 74.8 Å². The Morgan fingerprint density at radius 3 is 2.92 bits per heavy atom. The zero-order chi connectivity index (χ0) is 8.72. The minimum Gasteiger partial charge on any atom is -0.385 e. The average Bonchev–Trinajstić information content (AvgIpc) is 2.32. The van der Waals surface area contributed by atoms with Crippen molar-refractivity contribution in [2.45, 2.75) is 18.7 Å². The Bertz CT molecular complexity index is 313. The smallest absolute Gasteiger partial charge is 0.134 e. The van der Waals surface area contributed by atoms with Gasteiger partial charge in [0.15, 0.2) is 0 Å². The highest BCUT2D eigenvalue weighted by atomic mass is 35.5. The van der Waals surface area contributed by atoms with E-state index < -0.39 is 12.3 Å². The molecule has 1 aliphatic rings. The third-order valence-corrected chi connectivity index (χ3v) is 2.57. The standard InChI is InChI=1S/C9H8ClFO/c10-7-3-1-2-5-6(7)4-8(11)9(5)12/h1-3,8-9,12H,4H2/t8-,9+/m0/s1. The van der Waals surface area contributed by atoms with Crippen molar-refractivity contribution in [1.29, 1.82) is 0 Å². The number of halogens is 2. The third kappa shape index (κ3) is 1.03. The van der Waals surface area contributed by atoms with Crippen molar-refractivity contribution in [1.82, 2.24) is 0 Å². The number of rotatable bonds is 0. The summed E-state index contributed by atoms with van der Waals surface area (Å²) in [5.74, 6) is 0. The first kappa shape index (κ1) is 8.02. The summed E-state index contributed by atoms with van der Waals surface area (Å²) in [5.41, 5.74) is 1.38. The molecule has 0 saturated heterocycles. The van der Waals surface area contributed by atoms with Gasteiger partial charge in [-0.2, -0.15) is 0 Å². The molecule has 64 valence electrons. The molecule has 0 saturated carbocycles. The Hall–Kier alpha value is -0.600. The highest BCUT2D eigenvalue weighted by Gasteiger charge is 2.31. The van der Waals surface area contributed by atoms with Gasteiger partial charge in [-0.15, -0.1) is 0 Å². The first-order valence-corrected chi connectivity index (χ1v) is 4.17. The number of hydrogen-bond acceptors (Lipinski definition) is 1. The number of alkyl halides is 1. The maximum atomic E-state index is 13.0. The Kier molecular flexibility index (Phi) is 1.81. The van der Waals surface area contributed by atoms with Crippen LogP contribution in [-0.2, 0) is 6.42 Å². The lowest BCUT2D eigenvalue weighted by Crippen LogP contribution is -2.05. The zero-order valence-corrected chi connectivity index (χ0v) is 7.05. The van der Waals surface area contributed by atoms with Crippen LogP contribution in [0.1, 0.15) is 17.2 Å². The Morgan fingerprint density at radius 2 is 2.25 bits per heavy atom. The van der Waals surface area contributed by atoms with E-state index in [4.69, 9.17) is 11.6 Å². The molecule has 0 radical (unpaired) electrons. The summed E-state index contributed by atoms with van der Waals surface area (Å²) in [6.45, 7) is 0. The molecule has 0 aromatic heterocycles. The number of benzene rings is 1. The Balaban J connectivity index is 2.53.